The molecule has 4 heterocycles. The van der Waals surface area contributed by atoms with E-state index in [4.69, 9.17) is 0 Å². The summed E-state index contributed by atoms with van der Waals surface area (Å²) in [6.07, 6.45) is 9.63. The van der Waals surface area contributed by atoms with Crippen LogP contribution in [0.2, 0.25) is 0 Å². The molecular weight excluding hydrogens is 555 g/mol. The smallest absolute Gasteiger partial charge is 0.304 e. The van der Waals surface area contributed by atoms with Crippen molar-refractivity contribution < 1.29 is 23.9 Å². The molecule has 220 valence electrons. The molecule has 2 saturated heterocycles. The van der Waals surface area contributed by atoms with E-state index in [1.165, 1.54) is 4.90 Å². The summed E-state index contributed by atoms with van der Waals surface area (Å²) >= 11 is 0.833. The molecule has 1 N–H and O–H groups in total. The molecule has 2 aromatic heterocycles. The first-order valence-corrected chi connectivity index (χ1v) is 15.8. The number of aliphatic carboxylic acids is 1. The number of aromatic nitrogens is 2. The van der Waals surface area contributed by atoms with Gasteiger partial charge in [0.1, 0.15) is 11.5 Å². The molecule has 2 aliphatic heterocycles. The number of pyridine rings is 1. The third-order valence-corrected chi connectivity index (χ3v) is 9.93. The lowest BCUT2D eigenvalue weighted by Crippen LogP contribution is -2.44. The number of anilines is 2. The molecule has 0 bridgehead atoms. The van der Waals surface area contributed by atoms with Gasteiger partial charge in [0.15, 0.2) is 5.13 Å². The van der Waals surface area contributed by atoms with Gasteiger partial charge in [0, 0.05) is 36.8 Å². The Morgan fingerprint density at radius 1 is 0.952 bits per heavy atom. The number of halogens is 1. The fourth-order valence-electron chi connectivity index (χ4n) is 7.02. The number of carboxylic acid groups (broad SMARTS) is 1. The molecule has 10 heteroatoms. The van der Waals surface area contributed by atoms with Crippen LogP contribution in [-0.4, -0.2) is 45.9 Å². The molecular formula is C32H35FN4O4S. The molecule has 1 aromatic carbocycles. The van der Waals surface area contributed by atoms with Gasteiger partial charge in [-0.1, -0.05) is 67.7 Å². The molecule has 1 saturated carbocycles. The zero-order valence-corrected chi connectivity index (χ0v) is 24.3. The van der Waals surface area contributed by atoms with Gasteiger partial charge < -0.3 is 5.11 Å². The molecule has 2 amide bonds. The van der Waals surface area contributed by atoms with Crippen LogP contribution in [0.4, 0.5) is 15.3 Å². The van der Waals surface area contributed by atoms with E-state index in [9.17, 15) is 19.5 Å². The monoisotopic (exact) mass is 590 g/mol. The van der Waals surface area contributed by atoms with Crippen molar-refractivity contribution in [1.29, 1.82) is 0 Å². The maximum absolute atomic E-state index is 15.7. The predicted molar refractivity (Wildman–Crippen MR) is 160 cm³/mol. The molecule has 3 aromatic rings. The van der Waals surface area contributed by atoms with Gasteiger partial charge in [0.25, 0.3) is 0 Å². The van der Waals surface area contributed by atoms with Crippen molar-refractivity contribution in [1.82, 2.24) is 9.97 Å². The average Bonchev–Trinajstić information content (AvgIpc) is 3.75. The third kappa shape index (κ3) is 5.69. The van der Waals surface area contributed by atoms with Crippen molar-refractivity contribution in [2.75, 3.05) is 22.9 Å². The second kappa shape index (κ2) is 12.3. The summed E-state index contributed by atoms with van der Waals surface area (Å²) in [5, 5.41) is 9.49. The number of thiazole rings is 1. The zero-order valence-electron chi connectivity index (χ0n) is 23.5. The highest BCUT2D eigenvalue weighted by atomic mass is 32.1. The Balaban J connectivity index is 1.31. The summed E-state index contributed by atoms with van der Waals surface area (Å²) < 4.78 is 15.7. The molecule has 1 aliphatic carbocycles. The second-order valence-electron chi connectivity index (χ2n) is 11.6. The van der Waals surface area contributed by atoms with Gasteiger partial charge in [0.2, 0.25) is 16.9 Å². The Hall–Kier alpha value is -3.66. The van der Waals surface area contributed by atoms with Crippen LogP contribution < -0.4 is 9.80 Å². The quantitative estimate of drug-likeness (QED) is 0.335. The van der Waals surface area contributed by atoms with Gasteiger partial charge in [-0.05, 0) is 48.8 Å². The lowest BCUT2D eigenvalue weighted by Gasteiger charge is -2.35. The van der Waals surface area contributed by atoms with Crippen molar-refractivity contribution in [3.63, 3.8) is 0 Å². The maximum Gasteiger partial charge on any atom is 0.304 e. The lowest BCUT2D eigenvalue weighted by atomic mass is 9.74. The van der Waals surface area contributed by atoms with E-state index >= 15 is 4.39 Å². The number of amides is 2. The number of hydrogen-bond donors (Lipinski definition) is 1. The van der Waals surface area contributed by atoms with Crippen LogP contribution in [0.25, 0.3) is 22.4 Å². The normalized spacial score (nSPS) is 22.0. The summed E-state index contributed by atoms with van der Waals surface area (Å²) in [4.78, 5) is 50.4. The topological polar surface area (TPSA) is 104 Å². The van der Waals surface area contributed by atoms with Gasteiger partial charge in [-0.2, -0.15) is 4.39 Å². The molecule has 3 aliphatic rings. The van der Waals surface area contributed by atoms with Crippen molar-refractivity contribution in [3.05, 3.63) is 47.7 Å². The van der Waals surface area contributed by atoms with Crippen molar-refractivity contribution >= 4 is 40.1 Å². The number of carboxylic acids is 1. The van der Waals surface area contributed by atoms with Gasteiger partial charge in [-0.25, -0.2) is 9.97 Å². The highest BCUT2D eigenvalue weighted by Crippen LogP contribution is 2.43. The van der Waals surface area contributed by atoms with Crippen LogP contribution in [0, 0.1) is 22.9 Å². The van der Waals surface area contributed by atoms with Crippen molar-refractivity contribution in [3.8, 4) is 22.4 Å². The number of hydrogen-bond acceptors (Lipinski definition) is 6. The summed E-state index contributed by atoms with van der Waals surface area (Å²) in [6, 6.07) is 11.0. The van der Waals surface area contributed by atoms with Crippen LogP contribution in [0.1, 0.15) is 64.2 Å². The van der Waals surface area contributed by atoms with Crippen molar-refractivity contribution in [2.24, 2.45) is 17.8 Å². The van der Waals surface area contributed by atoms with Crippen molar-refractivity contribution in [2.45, 2.75) is 64.2 Å². The van der Waals surface area contributed by atoms with Crippen LogP contribution in [0.3, 0.4) is 0 Å². The average molecular weight is 591 g/mol. The number of carbonyl (C=O) groups is 3. The first-order valence-electron chi connectivity index (χ1n) is 15.0. The first-order chi connectivity index (χ1) is 20.4. The zero-order chi connectivity index (χ0) is 29.2. The predicted octanol–water partition coefficient (Wildman–Crippen LogP) is 6.55. The largest absolute Gasteiger partial charge is 0.481 e. The van der Waals surface area contributed by atoms with E-state index in [1.54, 1.807) is 23.2 Å². The summed E-state index contributed by atoms with van der Waals surface area (Å²) in [5.41, 5.74) is 2.23. The number of rotatable bonds is 7. The fourth-order valence-corrected chi connectivity index (χ4v) is 7.86. The minimum absolute atomic E-state index is 0.0234. The van der Waals surface area contributed by atoms with E-state index in [1.807, 2.05) is 24.3 Å². The first kappa shape index (κ1) is 28.5. The molecule has 0 radical (unpaired) electrons. The number of nitrogens with zero attached hydrogens (tertiary/aromatic N) is 4. The molecule has 2 atom stereocenters. The van der Waals surface area contributed by atoms with Crippen LogP contribution in [-0.2, 0) is 14.4 Å². The number of benzene rings is 1. The molecule has 0 spiro atoms. The molecule has 3 fully saturated rings. The molecule has 42 heavy (non-hydrogen) atoms. The Kier molecular flexibility index (Phi) is 8.33. The van der Waals surface area contributed by atoms with Gasteiger partial charge in [-0.15, -0.1) is 0 Å². The Morgan fingerprint density at radius 2 is 1.69 bits per heavy atom. The highest BCUT2D eigenvalue weighted by molar-refractivity contribution is 7.14. The Morgan fingerprint density at radius 3 is 2.38 bits per heavy atom. The standard InChI is InChI=1S/C32H35FN4O4S/c33-30-29(24-12-4-3-10-23(24)21-14-15-26(34-19-21)36-17-7-13-27(36)38)35-32(42-30)37-16-6-5-11-22(20-8-1-2-9-20)25(31(37)41)18-28(39)40/h3-4,10,12,14-15,19-20,22,25H,1-2,5-9,11,13,16-18H2,(H,39,40)/t22-,25-/m0/s1. The van der Waals surface area contributed by atoms with E-state index < -0.39 is 17.0 Å². The van der Waals surface area contributed by atoms with Gasteiger partial charge in [0.05, 0.1) is 12.3 Å². The summed E-state index contributed by atoms with van der Waals surface area (Å²) in [5.74, 6) is -0.826. The highest BCUT2D eigenvalue weighted by Gasteiger charge is 2.40. The SMILES string of the molecule is O=C(O)C[C@@H]1C(=O)N(c2nc(-c3ccccc3-c3ccc(N4CCCC4=O)nc3)c(F)s2)CCCC[C@H]1C1CCCC1. The van der Waals surface area contributed by atoms with E-state index in [2.05, 4.69) is 9.97 Å². The van der Waals surface area contributed by atoms with E-state index in [0.717, 1.165) is 73.8 Å². The van der Waals surface area contributed by atoms with Crippen LogP contribution >= 0.6 is 11.3 Å². The second-order valence-corrected chi connectivity index (χ2v) is 12.5. The fraction of sp³-hybridized carbons (Fsp3) is 0.469. The molecule has 8 nitrogen and oxygen atoms in total. The Labute approximate surface area is 248 Å². The van der Waals surface area contributed by atoms with Gasteiger partial charge in [-0.3, -0.25) is 24.2 Å². The third-order valence-electron chi connectivity index (χ3n) is 9.07. The molecule has 6 rings (SSSR count). The van der Waals surface area contributed by atoms with E-state index in [0.29, 0.717) is 36.8 Å². The van der Waals surface area contributed by atoms with E-state index in [-0.39, 0.29) is 35.0 Å². The van der Waals surface area contributed by atoms with Crippen LogP contribution in [0.5, 0.6) is 0 Å². The number of carbonyl (C=O) groups excluding carboxylic acids is 2. The Bertz CT molecular complexity index is 1470. The minimum atomic E-state index is -0.981. The maximum atomic E-state index is 15.7. The summed E-state index contributed by atoms with van der Waals surface area (Å²) in [7, 11) is 0. The lowest BCUT2D eigenvalue weighted by molar-refractivity contribution is -0.142. The summed E-state index contributed by atoms with van der Waals surface area (Å²) in [6.45, 7) is 1.04. The van der Waals surface area contributed by atoms with Crippen LogP contribution in [0.15, 0.2) is 42.6 Å². The minimum Gasteiger partial charge on any atom is -0.481 e. The molecule has 0 unspecified atom stereocenters. The van der Waals surface area contributed by atoms with Gasteiger partial charge >= 0.3 is 5.97 Å².